The molecule has 72 valence electrons. The van der Waals surface area contributed by atoms with Gasteiger partial charge in [0.2, 0.25) is 0 Å². The molecule has 0 saturated heterocycles. The molecule has 0 unspecified atom stereocenters. The van der Waals surface area contributed by atoms with E-state index in [4.69, 9.17) is 0 Å². The maximum atomic E-state index is 12.6. The van der Waals surface area contributed by atoms with Gasteiger partial charge in [0, 0.05) is 12.0 Å². The summed E-state index contributed by atoms with van der Waals surface area (Å²) in [5, 5.41) is 3.13. The highest BCUT2D eigenvalue weighted by Gasteiger charge is 2.18. The Morgan fingerprint density at radius 3 is 2.23 bits per heavy atom. The van der Waals surface area contributed by atoms with Crippen molar-refractivity contribution < 1.29 is 4.39 Å². The van der Waals surface area contributed by atoms with Gasteiger partial charge in [0.05, 0.1) is 0 Å². The molecule has 1 aromatic rings. The van der Waals surface area contributed by atoms with Gasteiger partial charge in [0.15, 0.2) is 0 Å². The summed E-state index contributed by atoms with van der Waals surface area (Å²) in [5.41, 5.74) is 1.21. The first kappa shape index (κ1) is 10.2. The lowest BCUT2D eigenvalue weighted by Gasteiger charge is -2.24. The zero-order valence-corrected chi connectivity index (χ0v) is 8.39. The number of nitrogens with one attached hydrogen (secondary N) is 1. The smallest absolute Gasteiger partial charge is 0.123 e. The number of halogens is 1. The molecular formula is C11H16FN. The van der Waals surface area contributed by atoms with E-state index < -0.39 is 0 Å². The summed E-state index contributed by atoms with van der Waals surface area (Å²) in [5.74, 6) is -0.177. The van der Waals surface area contributed by atoms with Gasteiger partial charge in [0.1, 0.15) is 5.82 Å². The zero-order chi connectivity index (χ0) is 9.90. The van der Waals surface area contributed by atoms with Crippen LogP contribution in [0.5, 0.6) is 0 Å². The molecule has 0 heterocycles. The fourth-order valence-electron chi connectivity index (χ4n) is 1.45. The zero-order valence-electron chi connectivity index (χ0n) is 8.39. The third-order valence-electron chi connectivity index (χ3n) is 2.24. The Morgan fingerprint density at radius 2 is 1.77 bits per heavy atom. The number of benzene rings is 1. The summed E-state index contributed by atoms with van der Waals surface area (Å²) in [6, 6.07) is 6.69. The average Bonchev–Trinajstić information content (AvgIpc) is 2.05. The van der Waals surface area contributed by atoms with Crippen molar-refractivity contribution in [2.45, 2.75) is 19.3 Å². The first-order valence-corrected chi connectivity index (χ1v) is 4.47. The molecule has 1 rings (SSSR count). The van der Waals surface area contributed by atoms with Crippen LogP contribution in [-0.4, -0.2) is 13.6 Å². The molecule has 0 spiro atoms. The molecule has 0 amide bonds. The van der Waals surface area contributed by atoms with Crippen molar-refractivity contribution >= 4 is 0 Å². The molecule has 2 heteroatoms. The Morgan fingerprint density at radius 1 is 1.23 bits per heavy atom. The van der Waals surface area contributed by atoms with Gasteiger partial charge < -0.3 is 5.32 Å². The molecule has 0 saturated carbocycles. The van der Waals surface area contributed by atoms with E-state index in [1.807, 2.05) is 19.2 Å². The van der Waals surface area contributed by atoms with Crippen LogP contribution in [0.15, 0.2) is 24.3 Å². The Balaban J connectivity index is 2.87. The van der Waals surface area contributed by atoms with E-state index in [2.05, 4.69) is 19.2 Å². The first-order valence-electron chi connectivity index (χ1n) is 4.47. The van der Waals surface area contributed by atoms with Crippen LogP contribution in [0.4, 0.5) is 4.39 Å². The van der Waals surface area contributed by atoms with Crippen LogP contribution in [-0.2, 0) is 5.41 Å². The van der Waals surface area contributed by atoms with Crippen LogP contribution in [0.2, 0.25) is 0 Å². The van der Waals surface area contributed by atoms with Crippen molar-refractivity contribution in [1.82, 2.24) is 5.32 Å². The topological polar surface area (TPSA) is 12.0 Å². The molecule has 0 atom stereocenters. The highest BCUT2D eigenvalue weighted by molar-refractivity contribution is 5.24. The van der Waals surface area contributed by atoms with E-state index in [-0.39, 0.29) is 11.2 Å². The minimum Gasteiger partial charge on any atom is -0.319 e. The summed E-state index contributed by atoms with van der Waals surface area (Å²) in [6.45, 7) is 5.16. The van der Waals surface area contributed by atoms with Crippen LogP contribution in [0.1, 0.15) is 19.4 Å². The van der Waals surface area contributed by atoms with E-state index in [0.717, 1.165) is 12.1 Å². The molecule has 1 nitrogen and oxygen atoms in total. The Kier molecular flexibility index (Phi) is 3.04. The highest BCUT2D eigenvalue weighted by Crippen LogP contribution is 2.21. The summed E-state index contributed by atoms with van der Waals surface area (Å²) in [4.78, 5) is 0. The van der Waals surface area contributed by atoms with Crippen LogP contribution in [0.25, 0.3) is 0 Å². The highest BCUT2D eigenvalue weighted by atomic mass is 19.1. The predicted molar refractivity (Wildman–Crippen MR) is 53.4 cm³/mol. The monoisotopic (exact) mass is 181 g/mol. The number of likely N-dealkylation sites (N-methyl/N-ethyl adjacent to an activating group) is 1. The van der Waals surface area contributed by atoms with Gasteiger partial charge in [-0.25, -0.2) is 4.39 Å². The van der Waals surface area contributed by atoms with Gasteiger partial charge in [-0.3, -0.25) is 0 Å². The fraction of sp³-hybridized carbons (Fsp3) is 0.455. The number of hydrogen-bond donors (Lipinski definition) is 1. The molecule has 0 fully saturated rings. The standard InChI is InChI=1S/C11H16FN/c1-11(2,8-13-3)9-4-6-10(12)7-5-9/h4-7,13H,8H2,1-3H3. The van der Waals surface area contributed by atoms with Gasteiger partial charge in [0.25, 0.3) is 0 Å². The largest absolute Gasteiger partial charge is 0.319 e. The van der Waals surface area contributed by atoms with Crippen molar-refractivity contribution in [3.63, 3.8) is 0 Å². The van der Waals surface area contributed by atoms with Crippen molar-refractivity contribution in [3.8, 4) is 0 Å². The second-order valence-corrected chi connectivity index (χ2v) is 3.92. The van der Waals surface area contributed by atoms with Crippen molar-refractivity contribution in [2.24, 2.45) is 0 Å². The van der Waals surface area contributed by atoms with Gasteiger partial charge in [-0.05, 0) is 24.7 Å². The van der Waals surface area contributed by atoms with Crippen molar-refractivity contribution in [3.05, 3.63) is 35.6 Å². The molecule has 1 aromatic carbocycles. The normalized spacial score (nSPS) is 11.7. The number of rotatable bonds is 3. The first-order chi connectivity index (χ1) is 6.06. The molecule has 1 N–H and O–H groups in total. The third-order valence-corrected chi connectivity index (χ3v) is 2.24. The molecule has 0 bridgehead atoms. The summed E-state index contributed by atoms with van der Waals surface area (Å²) in [7, 11) is 1.92. The Bertz CT molecular complexity index is 264. The third kappa shape index (κ3) is 2.52. The maximum Gasteiger partial charge on any atom is 0.123 e. The van der Waals surface area contributed by atoms with Crippen LogP contribution in [0, 0.1) is 5.82 Å². The van der Waals surface area contributed by atoms with Crippen LogP contribution >= 0.6 is 0 Å². The van der Waals surface area contributed by atoms with E-state index in [9.17, 15) is 4.39 Å². The SMILES string of the molecule is CNCC(C)(C)c1ccc(F)cc1. The van der Waals surface area contributed by atoms with Gasteiger partial charge in [-0.2, -0.15) is 0 Å². The molecular weight excluding hydrogens is 165 g/mol. The fourth-order valence-corrected chi connectivity index (χ4v) is 1.45. The molecule has 0 aliphatic carbocycles. The molecule has 0 aromatic heterocycles. The Labute approximate surface area is 79.0 Å². The molecule has 0 aliphatic heterocycles. The lowest BCUT2D eigenvalue weighted by molar-refractivity contribution is 0.492. The van der Waals surface area contributed by atoms with Crippen LogP contribution < -0.4 is 5.32 Å². The van der Waals surface area contributed by atoms with Gasteiger partial charge >= 0.3 is 0 Å². The minimum absolute atomic E-state index is 0.0580. The van der Waals surface area contributed by atoms with Crippen LogP contribution in [0.3, 0.4) is 0 Å². The van der Waals surface area contributed by atoms with E-state index in [0.29, 0.717) is 0 Å². The molecule has 0 radical (unpaired) electrons. The van der Waals surface area contributed by atoms with Gasteiger partial charge in [-0.1, -0.05) is 26.0 Å². The molecule has 0 aliphatic rings. The average molecular weight is 181 g/mol. The van der Waals surface area contributed by atoms with Crippen molar-refractivity contribution in [1.29, 1.82) is 0 Å². The second kappa shape index (κ2) is 3.88. The lowest BCUT2D eigenvalue weighted by Crippen LogP contribution is -2.30. The maximum absolute atomic E-state index is 12.6. The van der Waals surface area contributed by atoms with E-state index in [1.165, 1.54) is 12.1 Å². The minimum atomic E-state index is -0.177. The predicted octanol–water partition coefficient (Wildman–Crippen LogP) is 2.32. The summed E-state index contributed by atoms with van der Waals surface area (Å²) in [6.07, 6.45) is 0. The quantitative estimate of drug-likeness (QED) is 0.754. The Hall–Kier alpha value is -0.890. The second-order valence-electron chi connectivity index (χ2n) is 3.92. The van der Waals surface area contributed by atoms with Crippen molar-refractivity contribution in [2.75, 3.05) is 13.6 Å². The molecule has 13 heavy (non-hydrogen) atoms. The van der Waals surface area contributed by atoms with Gasteiger partial charge in [-0.15, -0.1) is 0 Å². The van der Waals surface area contributed by atoms with E-state index >= 15 is 0 Å². The number of hydrogen-bond acceptors (Lipinski definition) is 1. The lowest BCUT2D eigenvalue weighted by atomic mass is 9.85. The summed E-state index contributed by atoms with van der Waals surface area (Å²) < 4.78 is 12.6. The van der Waals surface area contributed by atoms with E-state index in [1.54, 1.807) is 0 Å². The summed E-state index contributed by atoms with van der Waals surface area (Å²) >= 11 is 0.